The molecule has 1 aromatic carbocycles. The lowest BCUT2D eigenvalue weighted by Gasteiger charge is -2.29. The SMILES string of the molecule is Cc1ccc2nc(CCC(=O)N(C)C[C@@]3(O)CCN(c4cc(C)nc5ccncc45)C3)[nH]c2c1. The second kappa shape index (κ2) is 8.68. The molecule has 0 saturated carbocycles. The molecule has 1 amide bonds. The van der Waals surface area contributed by atoms with E-state index in [-0.39, 0.29) is 5.91 Å². The fourth-order valence-corrected chi connectivity index (χ4v) is 4.87. The van der Waals surface area contributed by atoms with Crippen LogP contribution in [0, 0.1) is 13.8 Å². The number of amides is 1. The van der Waals surface area contributed by atoms with E-state index in [0.717, 1.165) is 39.1 Å². The van der Waals surface area contributed by atoms with Gasteiger partial charge in [0.1, 0.15) is 11.4 Å². The summed E-state index contributed by atoms with van der Waals surface area (Å²) in [5.41, 5.74) is 4.96. The van der Waals surface area contributed by atoms with Gasteiger partial charge in [-0.1, -0.05) is 6.07 Å². The van der Waals surface area contributed by atoms with Crippen LogP contribution in [0.25, 0.3) is 21.9 Å². The third-order valence-corrected chi connectivity index (χ3v) is 6.61. The molecular formula is C26H30N6O2. The summed E-state index contributed by atoms with van der Waals surface area (Å²) in [6, 6.07) is 10.0. The van der Waals surface area contributed by atoms with Gasteiger partial charge in [-0.05, 0) is 50.1 Å². The maximum atomic E-state index is 12.8. The van der Waals surface area contributed by atoms with Crippen molar-refractivity contribution in [2.45, 2.75) is 38.7 Å². The van der Waals surface area contributed by atoms with Gasteiger partial charge in [-0.3, -0.25) is 14.8 Å². The molecular weight excluding hydrogens is 428 g/mol. The number of fused-ring (bicyclic) bond motifs is 2. The summed E-state index contributed by atoms with van der Waals surface area (Å²) in [6.07, 6.45) is 5.04. The number of anilines is 1. The van der Waals surface area contributed by atoms with E-state index in [1.54, 1.807) is 18.1 Å². The average Bonchev–Trinajstić information content (AvgIpc) is 3.39. The number of carbonyl (C=O) groups is 1. The Morgan fingerprint density at radius 2 is 2.06 bits per heavy atom. The highest BCUT2D eigenvalue weighted by atomic mass is 16.3. The maximum Gasteiger partial charge on any atom is 0.222 e. The summed E-state index contributed by atoms with van der Waals surface area (Å²) in [6.45, 7) is 5.48. The Labute approximate surface area is 198 Å². The van der Waals surface area contributed by atoms with Gasteiger partial charge in [0.2, 0.25) is 5.91 Å². The zero-order valence-corrected chi connectivity index (χ0v) is 19.9. The number of pyridine rings is 2. The maximum absolute atomic E-state index is 12.8. The third kappa shape index (κ3) is 4.46. The fraction of sp³-hybridized carbons (Fsp3) is 0.385. The Kier molecular flexibility index (Phi) is 5.69. The van der Waals surface area contributed by atoms with E-state index in [1.165, 1.54) is 5.56 Å². The molecule has 5 rings (SSSR count). The fourth-order valence-electron chi connectivity index (χ4n) is 4.87. The molecule has 1 aliphatic rings. The second-order valence-corrected chi connectivity index (χ2v) is 9.53. The smallest absolute Gasteiger partial charge is 0.222 e. The number of aryl methyl sites for hydroxylation is 3. The molecule has 34 heavy (non-hydrogen) atoms. The summed E-state index contributed by atoms with van der Waals surface area (Å²) in [5, 5.41) is 12.3. The first-order valence-corrected chi connectivity index (χ1v) is 11.7. The molecule has 1 aliphatic heterocycles. The summed E-state index contributed by atoms with van der Waals surface area (Å²) in [4.78, 5) is 33.4. The van der Waals surface area contributed by atoms with Crippen LogP contribution in [-0.2, 0) is 11.2 Å². The summed E-state index contributed by atoms with van der Waals surface area (Å²) < 4.78 is 0. The zero-order valence-electron chi connectivity index (χ0n) is 19.9. The van der Waals surface area contributed by atoms with Crippen molar-refractivity contribution in [2.75, 3.05) is 31.6 Å². The molecule has 0 bridgehead atoms. The van der Waals surface area contributed by atoms with Crippen LogP contribution in [0.1, 0.15) is 29.9 Å². The minimum absolute atomic E-state index is 0.00193. The standard InChI is InChI=1S/C26H30N6O2/c1-17-4-5-21-22(12-17)30-24(29-21)6-7-25(33)31(3)15-26(34)9-11-32(16-26)23-13-18(2)28-20-8-10-27-14-19(20)23/h4-5,8,10,12-14,34H,6-7,9,11,15-16H2,1-3H3,(H,29,30)/t26-/m0/s1. The van der Waals surface area contributed by atoms with Crippen molar-refractivity contribution in [1.82, 2.24) is 24.8 Å². The van der Waals surface area contributed by atoms with Crippen LogP contribution in [0.4, 0.5) is 5.69 Å². The number of likely N-dealkylation sites (N-methyl/N-ethyl adjacent to an activating group) is 1. The highest BCUT2D eigenvalue weighted by Gasteiger charge is 2.38. The van der Waals surface area contributed by atoms with Gasteiger partial charge < -0.3 is 19.9 Å². The largest absolute Gasteiger partial charge is 0.386 e. The average molecular weight is 459 g/mol. The zero-order chi connectivity index (χ0) is 23.9. The Balaban J connectivity index is 1.22. The van der Waals surface area contributed by atoms with E-state index >= 15 is 0 Å². The van der Waals surface area contributed by atoms with E-state index in [4.69, 9.17) is 0 Å². The van der Waals surface area contributed by atoms with Gasteiger partial charge in [0.15, 0.2) is 0 Å². The minimum atomic E-state index is -0.965. The topological polar surface area (TPSA) is 98.2 Å². The van der Waals surface area contributed by atoms with Crippen LogP contribution in [0.15, 0.2) is 42.7 Å². The number of hydrogen-bond acceptors (Lipinski definition) is 6. The Bertz CT molecular complexity index is 1370. The molecule has 0 aliphatic carbocycles. The number of aromatic amines is 1. The van der Waals surface area contributed by atoms with Gasteiger partial charge in [0, 0.05) is 62.1 Å². The summed E-state index contributed by atoms with van der Waals surface area (Å²) in [7, 11) is 1.76. The molecule has 176 valence electrons. The molecule has 8 heteroatoms. The number of nitrogens with zero attached hydrogens (tertiary/aromatic N) is 5. The van der Waals surface area contributed by atoms with Gasteiger partial charge in [0.25, 0.3) is 0 Å². The number of carbonyl (C=O) groups excluding carboxylic acids is 1. The lowest BCUT2D eigenvalue weighted by Crippen LogP contribution is -2.46. The van der Waals surface area contributed by atoms with Crippen molar-refractivity contribution >= 4 is 33.5 Å². The Morgan fingerprint density at radius 3 is 2.91 bits per heavy atom. The van der Waals surface area contributed by atoms with Gasteiger partial charge in [-0.15, -0.1) is 0 Å². The number of aliphatic hydroxyl groups is 1. The Hall–Kier alpha value is -3.52. The number of rotatable bonds is 6. The normalized spacial score (nSPS) is 18.2. The molecule has 0 spiro atoms. The lowest BCUT2D eigenvalue weighted by molar-refractivity contribution is -0.132. The predicted molar refractivity (Wildman–Crippen MR) is 133 cm³/mol. The molecule has 4 aromatic rings. The first-order valence-electron chi connectivity index (χ1n) is 11.7. The quantitative estimate of drug-likeness (QED) is 0.461. The van der Waals surface area contributed by atoms with E-state index in [9.17, 15) is 9.90 Å². The number of nitrogens with one attached hydrogen (secondary N) is 1. The van der Waals surface area contributed by atoms with Crippen LogP contribution < -0.4 is 4.90 Å². The molecule has 2 N–H and O–H groups in total. The molecule has 8 nitrogen and oxygen atoms in total. The van der Waals surface area contributed by atoms with E-state index in [0.29, 0.717) is 38.9 Å². The minimum Gasteiger partial charge on any atom is -0.386 e. The van der Waals surface area contributed by atoms with Crippen LogP contribution >= 0.6 is 0 Å². The van der Waals surface area contributed by atoms with Gasteiger partial charge in [-0.25, -0.2) is 4.98 Å². The summed E-state index contributed by atoms with van der Waals surface area (Å²) in [5.74, 6) is 0.805. The van der Waals surface area contributed by atoms with Gasteiger partial charge in [0.05, 0.1) is 23.1 Å². The first kappa shape index (κ1) is 22.3. The van der Waals surface area contributed by atoms with Gasteiger partial charge >= 0.3 is 0 Å². The van der Waals surface area contributed by atoms with Crippen molar-refractivity contribution in [3.05, 3.63) is 59.8 Å². The van der Waals surface area contributed by atoms with Crippen molar-refractivity contribution in [3.63, 3.8) is 0 Å². The van der Waals surface area contributed by atoms with Crippen LogP contribution in [0.2, 0.25) is 0 Å². The first-order chi connectivity index (χ1) is 16.3. The molecule has 1 saturated heterocycles. The molecule has 1 atom stereocenters. The number of benzene rings is 1. The number of imidazole rings is 1. The van der Waals surface area contributed by atoms with E-state index in [1.807, 2.05) is 44.3 Å². The number of hydrogen-bond donors (Lipinski definition) is 2. The second-order valence-electron chi connectivity index (χ2n) is 9.53. The number of aromatic nitrogens is 4. The summed E-state index contributed by atoms with van der Waals surface area (Å²) >= 11 is 0. The highest BCUT2D eigenvalue weighted by Crippen LogP contribution is 2.32. The van der Waals surface area contributed by atoms with Crippen molar-refractivity contribution in [1.29, 1.82) is 0 Å². The predicted octanol–water partition coefficient (Wildman–Crippen LogP) is 3.16. The molecule has 4 heterocycles. The van der Waals surface area contributed by atoms with Crippen LogP contribution in [0.3, 0.4) is 0 Å². The van der Waals surface area contributed by atoms with Crippen molar-refractivity contribution < 1.29 is 9.90 Å². The van der Waals surface area contributed by atoms with Crippen LogP contribution in [0.5, 0.6) is 0 Å². The van der Waals surface area contributed by atoms with E-state index in [2.05, 4.69) is 30.9 Å². The molecule has 3 aromatic heterocycles. The molecule has 1 fully saturated rings. The lowest BCUT2D eigenvalue weighted by atomic mass is 10.0. The molecule has 0 radical (unpaired) electrons. The number of β-amino-alcohol motifs (C(OH)–C–C–N with tert-alkyl or cyclic N) is 1. The van der Waals surface area contributed by atoms with Crippen molar-refractivity contribution in [2.24, 2.45) is 0 Å². The number of H-pyrrole nitrogens is 1. The van der Waals surface area contributed by atoms with Crippen LogP contribution in [-0.4, -0.2) is 68.1 Å². The van der Waals surface area contributed by atoms with E-state index < -0.39 is 5.60 Å². The Morgan fingerprint density at radius 1 is 1.21 bits per heavy atom. The van der Waals surface area contributed by atoms with Gasteiger partial charge in [-0.2, -0.15) is 0 Å². The third-order valence-electron chi connectivity index (χ3n) is 6.61. The highest BCUT2D eigenvalue weighted by molar-refractivity contribution is 5.91. The monoisotopic (exact) mass is 458 g/mol. The van der Waals surface area contributed by atoms with Crippen molar-refractivity contribution in [3.8, 4) is 0 Å². The molecule has 0 unspecified atom stereocenters.